The molecule has 0 aliphatic carbocycles. The van der Waals surface area contributed by atoms with Crippen LogP contribution < -0.4 is 5.43 Å². The molecule has 0 spiro atoms. The Bertz CT molecular complexity index is 1490. The van der Waals surface area contributed by atoms with Crippen molar-refractivity contribution in [3.05, 3.63) is 123 Å². The number of nitrogens with one attached hydrogen (secondary N) is 1. The van der Waals surface area contributed by atoms with E-state index in [9.17, 15) is 4.79 Å². The molecule has 206 valence electrons. The van der Waals surface area contributed by atoms with E-state index in [4.69, 9.17) is 23.2 Å². The molecular weight excluding hydrogens is 539 g/mol. The van der Waals surface area contributed by atoms with E-state index in [1.54, 1.807) is 12.3 Å². The van der Waals surface area contributed by atoms with Crippen LogP contribution in [0, 0.1) is 19.8 Å². The van der Waals surface area contributed by atoms with Crippen LogP contribution in [-0.2, 0) is 13.0 Å². The number of amides is 1. The summed E-state index contributed by atoms with van der Waals surface area (Å²) in [5, 5.41) is 5.22. The Morgan fingerprint density at radius 2 is 1.68 bits per heavy atom. The average molecular weight is 574 g/mol. The molecular formula is C33H34Cl2N4O. The van der Waals surface area contributed by atoms with Crippen LogP contribution in [0.3, 0.4) is 0 Å². The third-order valence-electron chi connectivity index (χ3n) is 7.71. The second-order valence-electron chi connectivity index (χ2n) is 10.5. The van der Waals surface area contributed by atoms with Crippen LogP contribution >= 0.6 is 23.2 Å². The second kappa shape index (κ2) is 12.9. The summed E-state index contributed by atoms with van der Waals surface area (Å²) >= 11 is 12.7. The van der Waals surface area contributed by atoms with Gasteiger partial charge in [-0.05, 0) is 93.6 Å². The molecule has 1 fully saturated rings. The Balaban J connectivity index is 1.13. The molecule has 0 radical (unpaired) electrons. The maximum Gasteiger partial charge on any atom is 0.271 e. The molecule has 3 aromatic carbocycles. The predicted octanol–water partition coefficient (Wildman–Crippen LogP) is 7.62. The number of carbonyl (C=O) groups excluding carboxylic acids is 1. The van der Waals surface area contributed by atoms with Crippen LogP contribution in [0.4, 0.5) is 0 Å². The molecule has 0 saturated carbocycles. The van der Waals surface area contributed by atoms with Crippen molar-refractivity contribution in [3.63, 3.8) is 0 Å². The van der Waals surface area contributed by atoms with Crippen molar-refractivity contribution >= 4 is 35.3 Å². The van der Waals surface area contributed by atoms with Gasteiger partial charge in [-0.3, -0.25) is 9.69 Å². The van der Waals surface area contributed by atoms with Gasteiger partial charge in [0.2, 0.25) is 0 Å². The monoisotopic (exact) mass is 572 g/mol. The lowest BCUT2D eigenvalue weighted by molar-refractivity contribution is 0.0955. The van der Waals surface area contributed by atoms with Crippen molar-refractivity contribution in [1.29, 1.82) is 0 Å². The zero-order valence-electron chi connectivity index (χ0n) is 22.9. The number of nitrogens with zero attached hydrogens (tertiary/aromatic N) is 3. The van der Waals surface area contributed by atoms with Gasteiger partial charge in [0.1, 0.15) is 0 Å². The minimum atomic E-state index is -0.240. The maximum atomic E-state index is 12.7. The summed E-state index contributed by atoms with van der Waals surface area (Å²) in [4.78, 5) is 15.2. The fraction of sp³-hybridized carbons (Fsp3) is 0.273. The lowest BCUT2D eigenvalue weighted by Gasteiger charge is -2.32. The van der Waals surface area contributed by atoms with Gasteiger partial charge in [-0.15, -0.1) is 0 Å². The fourth-order valence-corrected chi connectivity index (χ4v) is 5.88. The van der Waals surface area contributed by atoms with Crippen molar-refractivity contribution in [2.75, 3.05) is 13.1 Å². The van der Waals surface area contributed by atoms with Crippen LogP contribution in [0.15, 0.2) is 84.0 Å². The highest BCUT2D eigenvalue weighted by Gasteiger charge is 2.20. The zero-order chi connectivity index (χ0) is 28.1. The van der Waals surface area contributed by atoms with Crippen molar-refractivity contribution in [2.24, 2.45) is 11.0 Å². The van der Waals surface area contributed by atoms with E-state index in [1.165, 1.54) is 30.4 Å². The third-order valence-corrected chi connectivity index (χ3v) is 8.52. The summed E-state index contributed by atoms with van der Waals surface area (Å²) in [5.74, 6) is 0.516. The van der Waals surface area contributed by atoms with E-state index in [0.29, 0.717) is 15.6 Å². The van der Waals surface area contributed by atoms with Gasteiger partial charge in [-0.25, -0.2) is 5.43 Å². The van der Waals surface area contributed by atoms with E-state index in [-0.39, 0.29) is 5.91 Å². The smallest absolute Gasteiger partial charge is 0.271 e. The molecule has 0 bridgehead atoms. The molecule has 4 aromatic rings. The predicted molar refractivity (Wildman–Crippen MR) is 165 cm³/mol. The lowest BCUT2D eigenvalue weighted by Crippen LogP contribution is -2.33. The first-order chi connectivity index (χ1) is 19.4. The first kappa shape index (κ1) is 28.2. The van der Waals surface area contributed by atoms with Crippen molar-refractivity contribution in [2.45, 2.75) is 39.7 Å². The van der Waals surface area contributed by atoms with E-state index in [2.05, 4.69) is 45.8 Å². The van der Waals surface area contributed by atoms with Gasteiger partial charge in [0, 0.05) is 29.1 Å². The Hall–Kier alpha value is -3.38. The minimum Gasteiger partial charge on any atom is -0.316 e. The molecule has 0 atom stereocenters. The summed E-state index contributed by atoms with van der Waals surface area (Å²) < 4.78 is 2.03. The van der Waals surface area contributed by atoms with E-state index >= 15 is 0 Å². The van der Waals surface area contributed by atoms with Gasteiger partial charge >= 0.3 is 0 Å². The first-order valence-electron chi connectivity index (χ1n) is 13.7. The van der Waals surface area contributed by atoms with Gasteiger partial charge in [0.15, 0.2) is 0 Å². The van der Waals surface area contributed by atoms with Crippen molar-refractivity contribution in [3.8, 4) is 5.69 Å². The van der Waals surface area contributed by atoms with Crippen LogP contribution in [0.25, 0.3) is 5.69 Å². The van der Waals surface area contributed by atoms with E-state index < -0.39 is 0 Å². The molecule has 1 N–H and O–H groups in total. The van der Waals surface area contributed by atoms with Gasteiger partial charge in [-0.1, -0.05) is 71.7 Å². The van der Waals surface area contributed by atoms with Crippen LogP contribution in [0.1, 0.15) is 51.3 Å². The second-order valence-corrected chi connectivity index (χ2v) is 11.3. The highest BCUT2D eigenvalue weighted by atomic mass is 35.5. The molecule has 5 nitrogen and oxygen atoms in total. The van der Waals surface area contributed by atoms with E-state index in [0.717, 1.165) is 48.2 Å². The highest BCUT2D eigenvalue weighted by molar-refractivity contribution is 6.43. The third kappa shape index (κ3) is 6.67. The summed E-state index contributed by atoms with van der Waals surface area (Å²) in [6, 6.07) is 26.2. The summed E-state index contributed by atoms with van der Waals surface area (Å²) in [6.07, 6.45) is 5.27. The zero-order valence-corrected chi connectivity index (χ0v) is 24.4. The molecule has 7 heteroatoms. The summed E-state index contributed by atoms with van der Waals surface area (Å²) in [6.45, 7) is 7.11. The number of carbonyl (C=O) groups is 1. The maximum absolute atomic E-state index is 12.7. The Kier molecular flexibility index (Phi) is 9.05. The number of benzene rings is 3. The largest absolute Gasteiger partial charge is 0.316 e. The number of rotatable bonds is 8. The topological polar surface area (TPSA) is 49.6 Å². The fourth-order valence-electron chi connectivity index (χ4n) is 5.49. The molecule has 2 heterocycles. The Morgan fingerprint density at radius 1 is 0.950 bits per heavy atom. The molecule has 1 aliphatic heterocycles. The highest BCUT2D eigenvalue weighted by Crippen LogP contribution is 2.31. The summed E-state index contributed by atoms with van der Waals surface area (Å²) in [7, 11) is 0. The van der Waals surface area contributed by atoms with Crippen molar-refractivity contribution in [1.82, 2.24) is 14.9 Å². The van der Waals surface area contributed by atoms with Gasteiger partial charge < -0.3 is 4.57 Å². The SMILES string of the molecule is Cc1cc(/C=N\NC(=O)c2ccc(CN3CCC(Cc4ccccc4)CC3)cc2)c(C)n1-c1cccc(Cl)c1Cl. The van der Waals surface area contributed by atoms with Crippen molar-refractivity contribution < 1.29 is 4.79 Å². The van der Waals surface area contributed by atoms with Crippen LogP contribution in [0.2, 0.25) is 10.0 Å². The number of aromatic nitrogens is 1. The standard InChI is InChI=1S/C33H34Cl2N4O/c1-23-19-29(24(2)39(23)31-10-6-9-30(34)32(31)35)21-36-37-33(40)28-13-11-27(12-14-28)22-38-17-15-26(16-18-38)20-25-7-4-3-5-8-25/h3-14,19,21,26H,15-18,20,22H2,1-2H3,(H,37,40)/b36-21-. The number of hydrogen-bond donors (Lipinski definition) is 1. The van der Waals surface area contributed by atoms with Crippen LogP contribution in [-0.4, -0.2) is 34.7 Å². The Labute approximate surface area is 246 Å². The lowest BCUT2D eigenvalue weighted by atomic mass is 9.90. The molecule has 40 heavy (non-hydrogen) atoms. The molecule has 1 amide bonds. The molecule has 5 rings (SSSR count). The number of aryl methyl sites for hydroxylation is 1. The van der Waals surface area contributed by atoms with Gasteiger partial charge in [-0.2, -0.15) is 5.10 Å². The van der Waals surface area contributed by atoms with Gasteiger partial charge in [0.05, 0.1) is 21.9 Å². The minimum absolute atomic E-state index is 0.240. The Morgan fingerprint density at radius 3 is 2.40 bits per heavy atom. The normalized spacial score (nSPS) is 14.6. The molecule has 1 aliphatic rings. The van der Waals surface area contributed by atoms with Crippen LogP contribution in [0.5, 0.6) is 0 Å². The van der Waals surface area contributed by atoms with E-state index in [1.807, 2.05) is 60.9 Å². The number of piperidine rings is 1. The molecule has 0 unspecified atom stereocenters. The summed E-state index contributed by atoms with van der Waals surface area (Å²) in [5.41, 5.74) is 9.53. The first-order valence-corrected chi connectivity index (χ1v) is 14.5. The quantitative estimate of drug-likeness (QED) is 0.174. The molecule has 1 saturated heterocycles. The average Bonchev–Trinajstić information content (AvgIpc) is 3.24. The number of halogens is 2. The number of hydrazone groups is 1. The molecule has 1 aromatic heterocycles. The van der Waals surface area contributed by atoms with Gasteiger partial charge in [0.25, 0.3) is 5.91 Å². The number of hydrogen-bond acceptors (Lipinski definition) is 3. The number of likely N-dealkylation sites (tertiary alicyclic amines) is 1.